The summed E-state index contributed by atoms with van der Waals surface area (Å²) in [5.74, 6) is 0.809. The highest BCUT2D eigenvalue weighted by Crippen LogP contribution is 2.19. The van der Waals surface area contributed by atoms with E-state index < -0.39 is 0 Å². The first-order valence-corrected chi connectivity index (χ1v) is 8.60. The first kappa shape index (κ1) is 15.8. The molecule has 128 valence electrons. The van der Waals surface area contributed by atoms with Crippen molar-refractivity contribution in [1.29, 1.82) is 0 Å². The van der Waals surface area contributed by atoms with E-state index >= 15 is 0 Å². The molecule has 4 nitrogen and oxygen atoms in total. The molecule has 0 radical (unpaired) electrons. The van der Waals surface area contributed by atoms with Gasteiger partial charge in [0.05, 0.1) is 18.4 Å². The number of hydrogen-bond donors (Lipinski definition) is 1. The second-order valence-corrected chi connectivity index (χ2v) is 6.35. The number of anilines is 1. The maximum absolute atomic E-state index is 13.0. The number of aromatic amines is 1. The van der Waals surface area contributed by atoms with Crippen molar-refractivity contribution in [3.8, 4) is 11.3 Å². The molecule has 4 rings (SSSR count). The highest BCUT2D eigenvalue weighted by Gasteiger charge is 2.18. The Labute approximate surface area is 146 Å². The van der Waals surface area contributed by atoms with Gasteiger partial charge >= 0.3 is 0 Å². The van der Waals surface area contributed by atoms with Crippen LogP contribution < -0.4 is 4.90 Å². The lowest BCUT2D eigenvalue weighted by atomic mass is 10.2. The molecule has 1 fully saturated rings. The molecule has 1 saturated heterocycles. The van der Waals surface area contributed by atoms with E-state index in [1.54, 1.807) is 0 Å². The molecule has 1 aromatic heterocycles. The summed E-state index contributed by atoms with van der Waals surface area (Å²) in [7, 11) is 0. The number of rotatable bonds is 4. The normalized spacial score (nSPS) is 15.5. The molecule has 0 atom stereocenters. The third-order valence-corrected chi connectivity index (χ3v) is 4.65. The summed E-state index contributed by atoms with van der Waals surface area (Å²) in [6.45, 7) is 4.65. The number of imidazole rings is 1. The number of H-pyrrole nitrogens is 1. The molecule has 2 heterocycles. The van der Waals surface area contributed by atoms with Crippen LogP contribution in [0, 0.1) is 5.82 Å². The average Bonchev–Trinajstić information content (AvgIpc) is 3.12. The van der Waals surface area contributed by atoms with Gasteiger partial charge in [-0.2, -0.15) is 0 Å². The fourth-order valence-corrected chi connectivity index (χ4v) is 3.24. The maximum atomic E-state index is 13.0. The Hall–Kier alpha value is -2.66. The van der Waals surface area contributed by atoms with E-state index in [4.69, 9.17) is 0 Å². The van der Waals surface area contributed by atoms with Crippen molar-refractivity contribution in [2.45, 2.75) is 6.54 Å². The second kappa shape index (κ2) is 7.07. The molecule has 1 N–H and O–H groups in total. The highest BCUT2D eigenvalue weighted by molar-refractivity contribution is 5.58. The summed E-state index contributed by atoms with van der Waals surface area (Å²) in [6.07, 6.45) is 1.90. The molecule has 0 amide bonds. The van der Waals surface area contributed by atoms with Gasteiger partial charge in [0.15, 0.2) is 0 Å². The van der Waals surface area contributed by atoms with E-state index in [0.717, 1.165) is 55.5 Å². The second-order valence-electron chi connectivity index (χ2n) is 6.35. The zero-order valence-electron chi connectivity index (χ0n) is 14.0. The molecule has 1 aliphatic rings. The van der Waals surface area contributed by atoms with E-state index in [1.807, 2.05) is 36.5 Å². The minimum atomic E-state index is -0.186. The zero-order chi connectivity index (χ0) is 17.1. The van der Waals surface area contributed by atoms with Crippen LogP contribution >= 0.6 is 0 Å². The smallest absolute Gasteiger partial charge is 0.123 e. The standard InChI is InChI=1S/C20H21FN4/c21-17-6-8-18(9-7-17)25-12-10-24(11-13-25)15-20-22-14-19(23-20)16-4-2-1-3-5-16/h1-9,14H,10-13,15H2,(H,22,23). The summed E-state index contributed by atoms with van der Waals surface area (Å²) in [5, 5.41) is 0. The molecule has 1 aliphatic heterocycles. The summed E-state index contributed by atoms with van der Waals surface area (Å²) in [4.78, 5) is 12.6. The number of aromatic nitrogens is 2. The van der Waals surface area contributed by atoms with Crippen LogP contribution in [0.3, 0.4) is 0 Å². The Kier molecular flexibility index (Phi) is 4.48. The Balaban J connectivity index is 1.34. The third-order valence-electron chi connectivity index (χ3n) is 4.65. The van der Waals surface area contributed by atoms with Crippen LogP contribution in [0.5, 0.6) is 0 Å². The van der Waals surface area contributed by atoms with Crippen molar-refractivity contribution >= 4 is 5.69 Å². The Bertz CT molecular complexity index is 805. The topological polar surface area (TPSA) is 35.2 Å². The van der Waals surface area contributed by atoms with E-state index in [-0.39, 0.29) is 5.82 Å². The monoisotopic (exact) mass is 336 g/mol. The van der Waals surface area contributed by atoms with Gasteiger partial charge in [-0.3, -0.25) is 4.90 Å². The van der Waals surface area contributed by atoms with E-state index in [2.05, 4.69) is 31.9 Å². The number of piperazine rings is 1. The van der Waals surface area contributed by atoms with Crippen molar-refractivity contribution in [1.82, 2.24) is 14.9 Å². The summed E-state index contributed by atoms with van der Waals surface area (Å²) < 4.78 is 13.0. The number of nitrogens with zero attached hydrogens (tertiary/aromatic N) is 3. The van der Waals surface area contributed by atoms with Crippen LogP contribution in [0.2, 0.25) is 0 Å². The highest BCUT2D eigenvalue weighted by atomic mass is 19.1. The molecule has 0 bridgehead atoms. The van der Waals surface area contributed by atoms with Crippen molar-refractivity contribution in [3.63, 3.8) is 0 Å². The lowest BCUT2D eigenvalue weighted by molar-refractivity contribution is 0.244. The van der Waals surface area contributed by atoms with Gasteiger partial charge in [-0.05, 0) is 29.8 Å². The number of nitrogens with one attached hydrogen (secondary N) is 1. The molecule has 5 heteroatoms. The molecule has 0 spiro atoms. The SMILES string of the molecule is Fc1ccc(N2CCN(Cc3ncc(-c4ccccc4)[nH]3)CC2)cc1. The van der Waals surface area contributed by atoms with E-state index in [1.165, 1.54) is 12.1 Å². The number of benzene rings is 2. The van der Waals surface area contributed by atoms with Gasteiger partial charge in [0, 0.05) is 31.9 Å². The Morgan fingerprint density at radius 2 is 1.64 bits per heavy atom. The average molecular weight is 336 g/mol. The Morgan fingerprint density at radius 3 is 2.36 bits per heavy atom. The van der Waals surface area contributed by atoms with Gasteiger partial charge in [-0.15, -0.1) is 0 Å². The maximum Gasteiger partial charge on any atom is 0.123 e. The van der Waals surface area contributed by atoms with Gasteiger partial charge in [-0.25, -0.2) is 9.37 Å². The summed E-state index contributed by atoms with van der Waals surface area (Å²) in [5.41, 5.74) is 3.30. The van der Waals surface area contributed by atoms with Crippen molar-refractivity contribution in [2.75, 3.05) is 31.1 Å². The lowest BCUT2D eigenvalue weighted by Crippen LogP contribution is -2.46. The van der Waals surface area contributed by atoms with Gasteiger partial charge < -0.3 is 9.88 Å². The molecule has 0 saturated carbocycles. The van der Waals surface area contributed by atoms with Crippen molar-refractivity contribution in [2.24, 2.45) is 0 Å². The predicted octanol–water partition coefficient (Wildman–Crippen LogP) is 3.54. The minimum Gasteiger partial charge on any atom is -0.369 e. The van der Waals surface area contributed by atoms with Crippen molar-refractivity contribution in [3.05, 3.63) is 72.4 Å². The zero-order valence-corrected chi connectivity index (χ0v) is 14.0. The fourth-order valence-electron chi connectivity index (χ4n) is 3.24. The summed E-state index contributed by atoms with van der Waals surface area (Å²) >= 11 is 0. The van der Waals surface area contributed by atoms with Crippen LogP contribution in [0.15, 0.2) is 60.8 Å². The molecule has 0 aliphatic carbocycles. The molecule has 25 heavy (non-hydrogen) atoms. The van der Waals surface area contributed by atoms with Gasteiger partial charge in [0.1, 0.15) is 11.6 Å². The van der Waals surface area contributed by atoms with Crippen LogP contribution in [0.25, 0.3) is 11.3 Å². The lowest BCUT2D eigenvalue weighted by Gasteiger charge is -2.35. The molecule has 0 unspecified atom stereocenters. The van der Waals surface area contributed by atoms with Crippen LogP contribution in [-0.2, 0) is 6.54 Å². The largest absolute Gasteiger partial charge is 0.369 e. The molecule has 3 aromatic rings. The number of hydrogen-bond acceptors (Lipinski definition) is 3. The quantitative estimate of drug-likeness (QED) is 0.791. The van der Waals surface area contributed by atoms with E-state index in [9.17, 15) is 4.39 Å². The van der Waals surface area contributed by atoms with Crippen LogP contribution in [0.4, 0.5) is 10.1 Å². The third kappa shape index (κ3) is 3.72. The van der Waals surface area contributed by atoms with E-state index in [0.29, 0.717) is 0 Å². The molecular formula is C20H21FN4. The van der Waals surface area contributed by atoms with Crippen LogP contribution in [0.1, 0.15) is 5.82 Å². The Morgan fingerprint density at radius 1 is 0.920 bits per heavy atom. The molecule has 2 aromatic carbocycles. The fraction of sp³-hybridized carbons (Fsp3) is 0.250. The van der Waals surface area contributed by atoms with Crippen molar-refractivity contribution < 1.29 is 4.39 Å². The van der Waals surface area contributed by atoms with Gasteiger partial charge in [0.25, 0.3) is 0 Å². The number of halogens is 1. The van der Waals surface area contributed by atoms with Crippen LogP contribution in [-0.4, -0.2) is 41.0 Å². The predicted molar refractivity (Wildman–Crippen MR) is 97.9 cm³/mol. The first-order chi connectivity index (χ1) is 12.3. The first-order valence-electron chi connectivity index (χ1n) is 8.60. The molecular weight excluding hydrogens is 315 g/mol. The van der Waals surface area contributed by atoms with Gasteiger partial charge in [-0.1, -0.05) is 30.3 Å². The minimum absolute atomic E-state index is 0.186. The van der Waals surface area contributed by atoms with Gasteiger partial charge in [0.2, 0.25) is 0 Å². The summed E-state index contributed by atoms with van der Waals surface area (Å²) in [6, 6.07) is 17.0.